The van der Waals surface area contributed by atoms with Crippen LogP contribution in [0.5, 0.6) is 0 Å². The van der Waals surface area contributed by atoms with Crippen LogP contribution in [-0.2, 0) is 14.4 Å². The van der Waals surface area contributed by atoms with Crippen LogP contribution in [0.25, 0.3) is 0 Å². The second-order valence-electron chi connectivity index (χ2n) is 18.2. The number of aliphatic hydroxyl groups is 3. The molecule has 0 rings (SSSR count). The van der Waals surface area contributed by atoms with Gasteiger partial charge in [-0.15, -0.1) is 0 Å². The van der Waals surface area contributed by atoms with E-state index in [-0.39, 0.29) is 19.3 Å². The lowest BCUT2D eigenvalue weighted by molar-refractivity contribution is -0.158. The van der Waals surface area contributed by atoms with Crippen molar-refractivity contribution in [1.29, 1.82) is 0 Å². The van der Waals surface area contributed by atoms with Gasteiger partial charge in [0.15, 0.2) is 17.3 Å². The van der Waals surface area contributed by atoms with Crippen molar-refractivity contribution in [3.8, 4) is 0 Å². The van der Waals surface area contributed by atoms with Crippen molar-refractivity contribution >= 4 is 17.3 Å². The summed E-state index contributed by atoms with van der Waals surface area (Å²) in [6.07, 6.45) is 50.1. The van der Waals surface area contributed by atoms with Crippen LogP contribution in [0, 0.1) is 5.41 Å². The number of hydrogen-bond donors (Lipinski definition) is 3. The summed E-state index contributed by atoms with van der Waals surface area (Å²) >= 11 is 0. The minimum Gasteiger partial charge on any atom is -0.394 e. The predicted molar refractivity (Wildman–Crippen MR) is 261 cm³/mol. The zero-order valence-corrected chi connectivity index (χ0v) is 40.5. The van der Waals surface area contributed by atoms with Crippen LogP contribution < -0.4 is 0 Å². The van der Waals surface area contributed by atoms with Gasteiger partial charge in [-0.05, 0) is 51.4 Å². The molecule has 356 valence electrons. The van der Waals surface area contributed by atoms with Gasteiger partial charge in [0.05, 0.1) is 6.61 Å². The monoisotopic (exact) mass is 857 g/mol. The molecule has 0 aliphatic heterocycles. The van der Waals surface area contributed by atoms with Crippen LogP contribution in [0.2, 0.25) is 0 Å². The van der Waals surface area contributed by atoms with E-state index in [9.17, 15) is 29.7 Å². The summed E-state index contributed by atoms with van der Waals surface area (Å²) in [6.45, 7) is 5.83. The molecule has 0 aromatic rings. The second-order valence-corrected chi connectivity index (χ2v) is 18.2. The second kappa shape index (κ2) is 44.7. The number of rotatable bonds is 48. The molecule has 0 fully saturated rings. The summed E-state index contributed by atoms with van der Waals surface area (Å²) in [6, 6.07) is 0. The highest BCUT2D eigenvalue weighted by Crippen LogP contribution is 2.36. The zero-order chi connectivity index (χ0) is 44.9. The van der Waals surface area contributed by atoms with E-state index in [0.717, 1.165) is 83.5 Å². The van der Waals surface area contributed by atoms with E-state index in [0.29, 0.717) is 19.3 Å². The van der Waals surface area contributed by atoms with Gasteiger partial charge in [0.2, 0.25) is 0 Å². The van der Waals surface area contributed by atoms with Crippen molar-refractivity contribution in [2.45, 2.75) is 283 Å². The highest BCUT2D eigenvalue weighted by molar-refractivity contribution is 6.25. The van der Waals surface area contributed by atoms with Crippen LogP contribution in [0.3, 0.4) is 0 Å². The fraction of sp³-hybridized carbons (Fsp3) is 0.836. The SMILES string of the molecule is CC/C=C\C/C=C\C/C=C\CCCCCCC(C(=O)CCCCCCCCCCCCCCC)(C(=O)CCCCCCCCCCCCCCCCC)C(=O)C(O)C(O)CO. The van der Waals surface area contributed by atoms with Gasteiger partial charge in [-0.25, -0.2) is 0 Å². The van der Waals surface area contributed by atoms with Gasteiger partial charge < -0.3 is 15.3 Å². The molecule has 3 atom stereocenters. The largest absolute Gasteiger partial charge is 0.394 e. The lowest BCUT2D eigenvalue weighted by Gasteiger charge is -2.33. The molecule has 0 aromatic carbocycles. The molecule has 0 amide bonds. The Labute approximate surface area is 377 Å². The molecule has 0 radical (unpaired) electrons. The molecular weight excluding hydrogens is 757 g/mol. The third kappa shape index (κ3) is 32.4. The Morgan fingerprint density at radius 1 is 0.426 bits per heavy atom. The van der Waals surface area contributed by atoms with Crippen molar-refractivity contribution in [2.24, 2.45) is 5.41 Å². The maximum Gasteiger partial charge on any atom is 0.184 e. The lowest BCUT2D eigenvalue weighted by Crippen LogP contribution is -2.54. The summed E-state index contributed by atoms with van der Waals surface area (Å²) in [4.78, 5) is 42.7. The molecule has 0 heterocycles. The molecule has 0 spiro atoms. The Morgan fingerprint density at radius 3 is 1.13 bits per heavy atom. The van der Waals surface area contributed by atoms with Crippen LogP contribution in [0.1, 0.15) is 271 Å². The number of allylic oxidation sites excluding steroid dienone is 6. The topological polar surface area (TPSA) is 112 Å². The van der Waals surface area contributed by atoms with Crippen molar-refractivity contribution < 1.29 is 29.7 Å². The maximum absolute atomic E-state index is 14.3. The van der Waals surface area contributed by atoms with Crippen molar-refractivity contribution in [1.82, 2.24) is 0 Å². The number of carbonyl (C=O) groups excluding carboxylic acids is 3. The zero-order valence-electron chi connectivity index (χ0n) is 40.5. The Hall–Kier alpha value is -1.89. The first-order valence-electron chi connectivity index (χ1n) is 26.4. The Balaban J connectivity index is 5.28. The van der Waals surface area contributed by atoms with E-state index in [1.165, 1.54) is 128 Å². The molecule has 0 bridgehead atoms. The molecule has 0 aliphatic rings. The Morgan fingerprint density at radius 2 is 0.754 bits per heavy atom. The molecule has 6 heteroatoms. The molecule has 61 heavy (non-hydrogen) atoms. The summed E-state index contributed by atoms with van der Waals surface area (Å²) in [5.41, 5.74) is -1.97. The third-order valence-electron chi connectivity index (χ3n) is 12.7. The average molecular weight is 857 g/mol. The van der Waals surface area contributed by atoms with Gasteiger partial charge in [0, 0.05) is 12.8 Å². The van der Waals surface area contributed by atoms with Crippen LogP contribution >= 0.6 is 0 Å². The van der Waals surface area contributed by atoms with Crippen LogP contribution in [0.15, 0.2) is 36.5 Å². The maximum atomic E-state index is 14.3. The minimum atomic E-state index is -1.98. The smallest absolute Gasteiger partial charge is 0.184 e. The first-order chi connectivity index (χ1) is 29.8. The number of aliphatic hydroxyl groups excluding tert-OH is 3. The average Bonchev–Trinajstić information content (AvgIpc) is 3.27. The van der Waals surface area contributed by atoms with Crippen molar-refractivity contribution in [3.63, 3.8) is 0 Å². The molecular formula is C55H100O6. The van der Waals surface area contributed by atoms with E-state index in [1.807, 2.05) is 0 Å². The van der Waals surface area contributed by atoms with Gasteiger partial charge in [0.25, 0.3) is 0 Å². The Kier molecular flexibility index (Phi) is 43.3. The van der Waals surface area contributed by atoms with Gasteiger partial charge in [-0.1, -0.05) is 243 Å². The number of ketones is 3. The van der Waals surface area contributed by atoms with Gasteiger partial charge in [-0.2, -0.15) is 0 Å². The van der Waals surface area contributed by atoms with Gasteiger partial charge in [0.1, 0.15) is 17.6 Å². The standard InChI is InChI=1S/C55H100O6/c1-4-7-10-13-16-19-22-25-27-29-32-35-38-41-44-47-52(59)55(54(61)53(60)50(57)49-56,48-45-42-39-36-33-30-26-23-20-17-14-11-8-5-2)51(58)46-43-40-37-34-31-28-24-21-18-15-12-9-6-3/h8,11,17,20,26,30,50,53,56-57,60H,4-7,9-10,12-16,18-19,21-25,27-29,31-49H2,1-3H3/b11-8-,20-17-,30-26-. The van der Waals surface area contributed by atoms with E-state index in [1.54, 1.807) is 0 Å². The van der Waals surface area contributed by atoms with Crippen LogP contribution in [-0.4, -0.2) is 51.5 Å². The van der Waals surface area contributed by atoms with Crippen molar-refractivity contribution in [3.05, 3.63) is 36.5 Å². The van der Waals surface area contributed by atoms with Crippen molar-refractivity contribution in [2.75, 3.05) is 6.61 Å². The third-order valence-corrected chi connectivity index (χ3v) is 12.7. The first-order valence-corrected chi connectivity index (χ1v) is 26.4. The number of unbranched alkanes of at least 4 members (excludes halogenated alkanes) is 30. The van der Waals surface area contributed by atoms with Gasteiger partial charge in [-0.3, -0.25) is 14.4 Å². The lowest BCUT2D eigenvalue weighted by atomic mass is 9.67. The molecule has 0 saturated carbocycles. The highest BCUT2D eigenvalue weighted by Gasteiger charge is 2.53. The quantitative estimate of drug-likeness (QED) is 0.0319. The fourth-order valence-electron chi connectivity index (χ4n) is 8.58. The molecule has 6 nitrogen and oxygen atoms in total. The molecule has 0 aromatic heterocycles. The molecule has 3 N–H and O–H groups in total. The molecule has 3 unspecified atom stereocenters. The van der Waals surface area contributed by atoms with E-state index < -0.39 is 41.6 Å². The van der Waals surface area contributed by atoms with E-state index in [2.05, 4.69) is 57.2 Å². The highest BCUT2D eigenvalue weighted by atomic mass is 16.4. The minimum absolute atomic E-state index is 0.0585. The molecule has 0 aliphatic carbocycles. The predicted octanol–water partition coefficient (Wildman–Crippen LogP) is 15.3. The fourth-order valence-corrected chi connectivity index (χ4v) is 8.58. The number of hydrogen-bond acceptors (Lipinski definition) is 6. The summed E-state index contributed by atoms with van der Waals surface area (Å²) in [5.74, 6) is -1.73. The Bertz CT molecular complexity index is 1090. The van der Waals surface area contributed by atoms with E-state index >= 15 is 0 Å². The summed E-state index contributed by atoms with van der Waals surface area (Å²) in [5, 5.41) is 31.0. The normalized spacial score (nSPS) is 14.1. The first kappa shape index (κ1) is 59.1. The molecule has 0 saturated heterocycles. The van der Waals surface area contributed by atoms with Gasteiger partial charge >= 0.3 is 0 Å². The number of Topliss-reactive ketones (excluding diaryl/α,β-unsaturated/α-hetero) is 3. The summed E-state index contributed by atoms with van der Waals surface area (Å²) < 4.78 is 0. The van der Waals surface area contributed by atoms with Crippen LogP contribution in [0.4, 0.5) is 0 Å². The number of carbonyl (C=O) groups is 3. The summed E-state index contributed by atoms with van der Waals surface area (Å²) in [7, 11) is 0. The van der Waals surface area contributed by atoms with E-state index in [4.69, 9.17) is 0 Å².